The first kappa shape index (κ1) is 21.3. The molecular formula is C22H33N5O2. The third-order valence-electron chi connectivity index (χ3n) is 5.06. The van der Waals surface area contributed by atoms with Crippen LogP contribution < -0.4 is 10.6 Å². The number of imidazole rings is 1. The van der Waals surface area contributed by atoms with Crippen molar-refractivity contribution in [2.75, 3.05) is 40.0 Å². The van der Waals surface area contributed by atoms with Crippen molar-refractivity contribution in [1.29, 1.82) is 0 Å². The second kappa shape index (κ2) is 12.2. The Balaban J connectivity index is 1.31. The molecule has 1 aromatic carbocycles. The largest absolute Gasteiger partial charge is 0.381 e. The topological polar surface area (TPSA) is 72.7 Å². The molecule has 1 saturated heterocycles. The van der Waals surface area contributed by atoms with Crippen molar-refractivity contribution in [2.24, 2.45) is 10.9 Å². The Hall–Kier alpha value is -2.38. The predicted molar refractivity (Wildman–Crippen MR) is 115 cm³/mol. The van der Waals surface area contributed by atoms with Crippen LogP contribution in [0.1, 0.15) is 24.2 Å². The van der Waals surface area contributed by atoms with Crippen molar-refractivity contribution in [1.82, 2.24) is 20.2 Å². The number of ether oxygens (including phenoxy) is 2. The summed E-state index contributed by atoms with van der Waals surface area (Å²) >= 11 is 0. The van der Waals surface area contributed by atoms with Gasteiger partial charge >= 0.3 is 0 Å². The molecule has 1 aliphatic rings. The van der Waals surface area contributed by atoms with Crippen molar-refractivity contribution in [2.45, 2.75) is 32.4 Å². The monoisotopic (exact) mass is 399 g/mol. The van der Waals surface area contributed by atoms with Gasteiger partial charge in [0.05, 0.1) is 19.8 Å². The predicted octanol–water partition coefficient (Wildman–Crippen LogP) is 2.23. The van der Waals surface area contributed by atoms with E-state index in [1.54, 1.807) is 7.05 Å². The van der Waals surface area contributed by atoms with Gasteiger partial charge in [-0.25, -0.2) is 4.98 Å². The van der Waals surface area contributed by atoms with Crippen LogP contribution in [0.4, 0.5) is 0 Å². The fourth-order valence-electron chi connectivity index (χ4n) is 3.33. The van der Waals surface area contributed by atoms with Crippen LogP contribution in [0.2, 0.25) is 0 Å². The summed E-state index contributed by atoms with van der Waals surface area (Å²) < 4.78 is 13.3. The van der Waals surface area contributed by atoms with Gasteiger partial charge in [-0.1, -0.05) is 30.3 Å². The lowest BCUT2D eigenvalue weighted by Gasteiger charge is -2.13. The van der Waals surface area contributed by atoms with Gasteiger partial charge in [0.15, 0.2) is 5.96 Å². The summed E-state index contributed by atoms with van der Waals surface area (Å²) in [4.78, 5) is 8.77. The van der Waals surface area contributed by atoms with E-state index in [4.69, 9.17) is 9.47 Å². The molecule has 0 bridgehead atoms. The molecule has 1 unspecified atom stereocenters. The Bertz CT molecular complexity index is 726. The molecule has 29 heavy (non-hydrogen) atoms. The van der Waals surface area contributed by atoms with E-state index < -0.39 is 0 Å². The number of nitrogens with zero attached hydrogens (tertiary/aromatic N) is 3. The molecule has 1 fully saturated rings. The number of rotatable bonds is 11. The summed E-state index contributed by atoms with van der Waals surface area (Å²) in [5.74, 6) is 2.36. The molecule has 0 aliphatic carbocycles. The summed E-state index contributed by atoms with van der Waals surface area (Å²) in [6.07, 6.45) is 6.94. The molecule has 1 aromatic heterocycles. The summed E-state index contributed by atoms with van der Waals surface area (Å²) in [5, 5.41) is 6.68. The van der Waals surface area contributed by atoms with Crippen molar-refractivity contribution in [3.8, 4) is 0 Å². The van der Waals surface area contributed by atoms with E-state index in [1.165, 1.54) is 5.56 Å². The molecule has 0 amide bonds. The van der Waals surface area contributed by atoms with Gasteiger partial charge in [-0.15, -0.1) is 0 Å². The van der Waals surface area contributed by atoms with Crippen LogP contribution >= 0.6 is 0 Å². The average Bonchev–Trinajstić information content (AvgIpc) is 3.44. The molecule has 2 N–H and O–H groups in total. The van der Waals surface area contributed by atoms with E-state index in [2.05, 4.69) is 49.4 Å². The Kier molecular flexibility index (Phi) is 9.00. The highest BCUT2D eigenvalue weighted by Crippen LogP contribution is 2.12. The molecule has 7 heteroatoms. The van der Waals surface area contributed by atoms with E-state index in [0.717, 1.165) is 70.6 Å². The van der Waals surface area contributed by atoms with Crippen molar-refractivity contribution in [3.63, 3.8) is 0 Å². The third kappa shape index (κ3) is 7.51. The Labute approximate surface area is 173 Å². The minimum absolute atomic E-state index is 0.572. The third-order valence-corrected chi connectivity index (χ3v) is 5.06. The van der Waals surface area contributed by atoms with Crippen LogP contribution in [0.5, 0.6) is 0 Å². The first-order valence-corrected chi connectivity index (χ1v) is 10.5. The Morgan fingerprint density at radius 1 is 1.31 bits per heavy atom. The second-order valence-electron chi connectivity index (χ2n) is 7.28. The highest BCUT2D eigenvalue weighted by Gasteiger charge is 2.15. The molecule has 1 aliphatic heterocycles. The summed E-state index contributed by atoms with van der Waals surface area (Å²) in [5.41, 5.74) is 1.33. The molecular weight excluding hydrogens is 366 g/mol. The first-order chi connectivity index (χ1) is 14.3. The van der Waals surface area contributed by atoms with Crippen molar-refractivity contribution >= 4 is 5.96 Å². The van der Waals surface area contributed by atoms with E-state index in [-0.39, 0.29) is 0 Å². The molecule has 3 rings (SSSR count). The van der Waals surface area contributed by atoms with Crippen molar-refractivity contribution in [3.05, 3.63) is 54.1 Å². The zero-order valence-electron chi connectivity index (χ0n) is 17.3. The number of hydrogen-bond donors (Lipinski definition) is 2. The lowest BCUT2D eigenvalue weighted by Crippen LogP contribution is -2.38. The van der Waals surface area contributed by atoms with Gasteiger partial charge in [0.1, 0.15) is 5.82 Å². The number of aliphatic imine (C=N–C) groups is 1. The van der Waals surface area contributed by atoms with Crippen molar-refractivity contribution < 1.29 is 9.47 Å². The molecule has 158 valence electrons. The number of benzene rings is 1. The van der Waals surface area contributed by atoms with Gasteiger partial charge in [0.2, 0.25) is 0 Å². The number of aromatic nitrogens is 2. The minimum atomic E-state index is 0.572. The zero-order valence-corrected chi connectivity index (χ0v) is 17.3. The van der Waals surface area contributed by atoms with Gasteiger partial charge in [-0.3, -0.25) is 4.99 Å². The minimum Gasteiger partial charge on any atom is -0.381 e. The number of guanidine groups is 1. The second-order valence-corrected chi connectivity index (χ2v) is 7.28. The highest BCUT2D eigenvalue weighted by molar-refractivity contribution is 5.79. The van der Waals surface area contributed by atoms with E-state index in [0.29, 0.717) is 12.5 Å². The molecule has 2 aromatic rings. The van der Waals surface area contributed by atoms with Gasteiger partial charge in [0, 0.05) is 51.7 Å². The van der Waals surface area contributed by atoms with Gasteiger partial charge in [0.25, 0.3) is 0 Å². The smallest absolute Gasteiger partial charge is 0.191 e. The summed E-state index contributed by atoms with van der Waals surface area (Å²) in [6, 6.07) is 10.5. The van der Waals surface area contributed by atoms with Crippen LogP contribution in [0.25, 0.3) is 0 Å². The Morgan fingerprint density at radius 2 is 2.21 bits per heavy atom. The van der Waals surface area contributed by atoms with E-state index in [9.17, 15) is 0 Å². The first-order valence-electron chi connectivity index (χ1n) is 10.5. The summed E-state index contributed by atoms with van der Waals surface area (Å²) in [6.45, 7) is 5.65. The molecule has 0 saturated carbocycles. The SMILES string of the molecule is CN=C(NCCCOCC1CCOC1)NCc1nccn1CCc1ccccc1. The maximum atomic E-state index is 5.74. The fraction of sp³-hybridized carbons (Fsp3) is 0.545. The van der Waals surface area contributed by atoms with Gasteiger partial charge in [-0.05, 0) is 24.8 Å². The summed E-state index contributed by atoms with van der Waals surface area (Å²) in [7, 11) is 1.79. The molecule has 2 heterocycles. The molecule has 1 atom stereocenters. The van der Waals surface area contributed by atoms with Crippen LogP contribution in [0, 0.1) is 5.92 Å². The molecule has 7 nitrogen and oxygen atoms in total. The lowest BCUT2D eigenvalue weighted by atomic mass is 10.1. The number of hydrogen-bond acceptors (Lipinski definition) is 4. The molecule has 0 radical (unpaired) electrons. The normalized spacial score (nSPS) is 16.9. The van der Waals surface area contributed by atoms with Crippen LogP contribution in [-0.2, 0) is 29.0 Å². The Morgan fingerprint density at radius 3 is 3.00 bits per heavy atom. The van der Waals surface area contributed by atoms with Gasteiger partial charge < -0.3 is 24.7 Å². The average molecular weight is 400 g/mol. The lowest BCUT2D eigenvalue weighted by molar-refractivity contribution is 0.0888. The van der Waals surface area contributed by atoms with Crippen LogP contribution in [-0.4, -0.2) is 55.5 Å². The van der Waals surface area contributed by atoms with E-state index >= 15 is 0 Å². The standard InChI is InChI=1S/C22H33N5O2/c1-23-22(25-10-5-14-28-17-20-9-15-29-18-20)26-16-21-24-11-13-27(21)12-8-19-6-3-2-4-7-19/h2-4,6-7,11,13,20H,5,8-10,12,14-18H2,1H3,(H2,23,25,26). The number of aryl methyl sites for hydroxylation is 2. The number of nitrogens with one attached hydrogen (secondary N) is 2. The maximum absolute atomic E-state index is 5.74. The van der Waals surface area contributed by atoms with Gasteiger partial charge in [-0.2, -0.15) is 0 Å². The van der Waals surface area contributed by atoms with E-state index in [1.807, 2.05) is 18.5 Å². The zero-order chi connectivity index (χ0) is 20.2. The molecule has 0 spiro atoms. The highest BCUT2D eigenvalue weighted by atomic mass is 16.5. The quantitative estimate of drug-likeness (QED) is 0.344. The maximum Gasteiger partial charge on any atom is 0.191 e. The van der Waals surface area contributed by atoms with Crippen LogP contribution in [0.3, 0.4) is 0 Å². The fourth-order valence-corrected chi connectivity index (χ4v) is 3.33. The van der Waals surface area contributed by atoms with Crippen LogP contribution in [0.15, 0.2) is 47.7 Å².